The van der Waals surface area contributed by atoms with Gasteiger partial charge in [0.2, 0.25) is 0 Å². The lowest BCUT2D eigenvalue weighted by molar-refractivity contribution is -0.123. The Balaban J connectivity index is 1.39. The van der Waals surface area contributed by atoms with Crippen LogP contribution in [0, 0.1) is 17.4 Å². The molecule has 0 atom stereocenters. The lowest BCUT2D eigenvalue weighted by atomic mass is 10.3. The van der Waals surface area contributed by atoms with Gasteiger partial charge in [0, 0.05) is 18.8 Å². The molecule has 0 fully saturated rings. The molecular formula is C19H20ClIN6O4. The fourth-order valence-corrected chi connectivity index (χ4v) is 3.16. The maximum absolute atomic E-state index is 12.1. The smallest absolute Gasteiger partial charge is 0.316 e. The minimum atomic E-state index is -0.525. The van der Waals surface area contributed by atoms with Crippen LogP contribution in [0.5, 0.6) is 5.75 Å². The van der Waals surface area contributed by atoms with Gasteiger partial charge >= 0.3 is 11.8 Å². The van der Waals surface area contributed by atoms with Crippen molar-refractivity contribution >= 4 is 46.0 Å². The summed E-state index contributed by atoms with van der Waals surface area (Å²) in [5, 5.41) is 13.9. The van der Waals surface area contributed by atoms with Crippen molar-refractivity contribution in [1.29, 1.82) is 0 Å². The number of halogens is 2. The Morgan fingerprint density at radius 2 is 1.97 bits per heavy atom. The van der Waals surface area contributed by atoms with Gasteiger partial charge in [-0.05, 0) is 48.6 Å². The number of rotatable bonds is 9. The third-order valence-electron chi connectivity index (χ3n) is 4.17. The first-order valence-electron chi connectivity index (χ1n) is 9.29. The topological polar surface area (TPSA) is 124 Å². The first-order chi connectivity index (χ1) is 14.8. The Hall–Kier alpha value is -2.67. The number of amides is 2. The van der Waals surface area contributed by atoms with E-state index in [1.807, 2.05) is 13.8 Å². The zero-order valence-electron chi connectivity index (χ0n) is 16.8. The monoisotopic (exact) mass is 558 g/mol. The van der Waals surface area contributed by atoms with E-state index in [4.69, 9.17) is 20.9 Å². The highest BCUT2D eigenvalue weighted by Gasteiger charge is 2.17. The number of aromatic nitrogens is 4. The predicted octanol–water partition coefficient (Wildman–Crippen LogP) is 2.11. The van der Waals surface area contributed by atoms with Gasteiger partial charge in [-0.15, -0.1) is 0 Å². The van der Waals surface area contributed by atoms with Gasteiger partial charge in [0.15, 0.2) is 12.4 Å². The summed E-state index contributed by atoms with van der Waals surface area (Å²) in [7, 11) is 0. The van der Waals surface area contributed by atoms with Crippen LogP contribution in [-0.2, 0) is 11.3 Å². The summed E-state index contributed by atoms with van der Waals surface area (Å²) in [6, 6.07) is 6.87. The number of nitrogens with zero attached hydrogens (tertiary/aromatic N) is 4. The molecule has 0 spiro atoms. The molecule has 164 valence electrons. The molecule has 2 N–H and O–H groups in total. The standard InChI is InChI=1S/C19H20ClIN6O4/c1-11-17(21)12(2)27(25-11)9-15-24-19(31-26-15)18(29)23-8-7-22-16(28)10-30-14-6-4-3-5-13(14)20/h3-6H,7-10H2,1-2H3,(H,22,28)(H,23,29). The number of hydrogen-bond acceptors (Lipinski definition) is 7. The van der Waals surface area contributed by atoms with Crippen molar-refractivity contribution in [3.05, 3.63) is 56.0 Å². The highest BCUT2D eigenvalue weighted by atomic mass is 127. The largest absolute Gasteiger partial charge is 0.482 e. The Morgan fingerprint density at radius 3 is 2.68 bits per heavy atom. The Bertz CT molecular complexity index is 1080. The van der Waals surface area contributed by atoms with Crippen LogP contribution < -0.4 is 15.4 Å². The molecular weight excluding hydrogens is 539 g/mol. The fourth-order valence-electron chi connectivity index (χ4n) is 2.58. The van der Waals surface area contributed by atoms with Crippen LogP contribution >= 0.6 is 34.2 Å². The molecule has 0 saturated heterocycles. The molecule has 1 aromatic carbocycles. The van der Waals surface area contributed by atoms with Crippen LogP contribution in [-0.4, -0.2) is 51.4 Å². The molecule has 10 nitrogen and oxygen atoms in total. The third-order valence-corrected chi connectivity index (χ3v) is 6.05. The van der Waals surface area contributed by atoms with Gasteiger partial charge in [-0.2, -0.15) is 10.1 Å². The van der Waals surface area contributed by atoms with E-state index in [2.05, 4.69) is 48.5 Å². The van der Waals surface area contributed by atoms with Crippen LogP contribution in [0.25, 0.3) is 0 Å². The zero-order valence-corrected chi connectivity index (χ0v) is 19.7. The van der Waals surface area contributed by atoms with Gasteiger partial charge in [-0.25, -0.2) is 0 Å². The number of ether oxygens (including phenoxy) is 1. The summed E-state index contributed by atoms with van der Waals surface area (Å²) < 4.78 is 13.2. The summed E-state index contributed by atoms with van der Waals surface area (Å²) >= 11 is 8.19. The number of para-hydroxylation sites is 1. The van der Waals surface area contributed by atoms with Crippen molar-refractivity contribution < 1.29 is 18.8 Å². The van der Waals surface area contributed by atoms with Crippen LogP contribution in [0.4, 0.5) is 0 Å². The summed E-state index contributed by atoms with van der Waals surface area (Å²) in [5.74, 6) is -0.246. The molecule has 0 saturated carbocycles. The maximum Gasteiger partial charge on any atom is 0.316 e. The van der Waals surface area contributed by atoms with Crippen molar-refractivity contribution in [3.8, 4) is 5.75 Å². The van der Waals surface area contributed by atoms with E-state index in [9.17, 15) is 9.59 Å². The van der Waals surface area contributed by atoms with Crippen LogP contribution in [0.15, 0.2) is 28.8 Å². The van der Waals surface area contributed by atoms with E-state index in [1.54, 1.807) is 28.9 Å². The van der Waals surface area contributed by atoms with Gasteiger partial charge in [0.25, 0.3) is 5.91 Å². The maximum atomic E-state index is 12.1. The number of benzene rings is 1. The van der Waals surface area contributed by atoms with Crippen LogP contribution in [0.2, 0.25) is 5.02 Å². The molecule has 3 aromatic rings. The first kappa shape index (κ1) is 23.0. The molecule has 0 bridgehead atoms. The van der Waals surface area contributed by atoms with Gasteiger partial charge < -0.3 is 19.9 Å². The number of carbonyl (C=O) groups excluding carboxylic acids is 2. The highest BCUT2D eigenvalue weighted by molar-refractivity contribution is 14.1. The van der Waals surface area contributed by atoms with E-state index in [0.717, 1.165) is 15.0 Å². The summed E-state index contributed by atoms with van der Waals surface area (Å²) in [6.45, 7) is 4.38. The minimum Gasteiger partial charge on any atom is -0.482 e. The van der Waals surface area contributed by atoms with Gasteiger partial charge in [0.1, 0.15) is 12.3 Å². The van der Waals surface area contributed by atoms with Crippen molar-refractivity contribution in [3.63, 3.8) is 0 Å². The summed E-state index contributed by atoms with van der Waals surface area (Å²) in [4.78, 5) is 28.1. The predicted molar refractivity (Wildman–Crippen MR) is 120 cm³/mol. The molecule has 3 rings (SSSR count). The quantitative estimate of drug-likeness (QED) is 0.305. The average molecular weight is 559 g/mol. The molecule has 0 radical (unpaired) electrons. The second kappa shape index (κ2) is 10.6. The molecule has 2 aromatic heterocycles. The Kier molecular flexibility index (Phi) is 7.85. The van der Waals surface area contributed by atoms with Crippen molar-refractivity contribution in [1.82, 2.24) is 30.6 Å². The molecule has 0 unspecified atom stereocenters. The lowest BCUT2D eigenvalue weighted by Gasteiger charge is -2.08. The van der Waals surface area contributed by atoms with E-state index >= 15 is 0 Å². The molecule has 2 amide bonds. The van der Waals surface area contributed by atoms with Gasteiger partial charge in [0.05, 0.1) is 14.3 Å². The third kappa shape index (κ3) is 6.17. The molecule has 2 heterocycles. The SMILES string of the molecule is Cc1nn(Cc2noc(C(=O)NCCNC(=O)COc3ccccc3Cl)n2)c(C)c1I. The average Bonchev–Trinajstić information content (AvgIpc) is 3.31. The number of hydrogen-bond donors (Lipinski definition) is 2. The van der Waals surface area contributed by atoms with Crippen molar-refractivity contribution in [2.45, 2.75) is 20.4 Å². The number of nitrogens with one attached hydrogen (secondary N) is 2. The summed E-state index contributed by atoms with van der Waals surface area (Å²) in [5.41, 5.74) is 1.90. The number of carbonyl (C=O) groups is 2. The number of aryl methyl sites for hydroxylation is 1. The van der Waals surface area contributed by atoms with Crippen LogP contribution in [0.1, 0.15) is 27.9 Å². The fraction of sp³-hybridized carbons (Fsp3) is 0.316. The van der Waals surface area contributed by atoms with Crippen molar-refractivity contribution in [2.75, 3.05) is 19.7 Å². The zero-order chi connectivity index (χ0) is 22.4. The van der Waals surface area contributed by atoms with E-state index < -0.39 is 5.91 Å². The normalized spacial score (nSPS) is 10.7. The minimum absolute atomic E-state index is 0.153. The molecule has 0 aliphatic rings. The van der Waals surface area contributed by atoms with Gasteiger partial charge in [-0.1, -0.05) is 28.9 Å². The molecule has 0 aliphatic carbocycles. The van der Waals surface area contributed by atoms with Crippen LogP contribution in [0.3, 0.4) is 0 Å². The van der Waals surface area contributed by atoms with Gasteiger partial charge in [-0.3, -0.25) is 14.3 Å². The molecule has 31 heavy (non-hydrogen) atoms. The van der Waals surface area contributed by atoms with Crippen molar-refractivity contribution in [2.24, 2.45) is 0 Å². The van der Waals surface area contributed by atoms with E-state index in [1.165, 1.54) is 0 Å². The lowest BCUT2D eigenvalue weighted by Crippen LogP contribution is -2.36. The first-order valence-corrected chi connectivity index (χ1v) is 10.7. The molecule has 0 aliphatic heterocycles. The summed E-state index contributed by atoms with van der Waals surface area (Å²) in [6.07, 6.45) is 0. The Morgan fingerprint density at radius 1 is 1.23 bits per heavy atom. The second-order valence-electron chi connectivity index (χ2n) is 6.48. The Labute approximate surface area is 196 Å². The van der Waals surface area contributed by atoms with E-state index in [0.29, 0.717) is 23.1 Å². The molecule has 12 heteroatoms. The second-order valence-corrected chi connectivity index (χ2v) is 7.97. The highest BCUT2D eigenvalue weighted by Crippen LogP contribution is 2.22. The van der Waals surface area contributed by atoms with E-state index in [-0.39, 0.29) is 31.5 Å².